The second-order valence-electron chi connectivity index (χ2n) is 8.49. The molecule has 1 aromatic carbocycles. The molecule has 1 aromatic heterocycles. The molecule has 1 heterocycles. The van der Waals surface area contributed by atoms with Gasteiger partial charge in [-0.05, 0) is 42.9 Å². The lowest BCUT2D eigenvalue weighted by atomic mass is 9.86. The Morgan fingerprint density at radius 3 is 2.68 bits per heavy atom. The molecule has 0 saturated carbocycles. The van der Waals surface area contributed by atoms with Crippen LogP contribution in [0, 0.1) is 22.6 Å². The number of aliphatic hydroxyl groups excluding tert-OH is 1. The van der Waals surface area contributed by atoms with Crippen LogP contribution in [0.5, 0.6) is 0 Å². The molecule has 0 spiro atoms. The van der Waals surface area contributed by atoms with E-state index in [9.17, 15) is 14.0 Å². The molecular formula is C22H30FN5O3. The highest BCUT2D eigenvalue weighted by Crippen LogP contribution is 2.23. The third-order valence-corrected chi connectivity index (χ3v) is 4.88. The summed E-state index contributed by atoms with van der Waals surface area (Å²) in [6.45, 7) is 6.22. The van der Waals surface area contributed by atoms with E-state index < -0.39 is 23.2 Å². The van der Waals surface area contributed by atoms with Crippen molar-refractivity contribution in [3.8, 4) is 6.07 Å². The predicted molar refractivity (Wildman–Crippen MR) is 115 cm³/mol. The summed E-state index contributed by atoms with van der Waals surface area (Å²) in [6, 6.07) is 5.36. The predicted octanol–water partition coefficient (Wildman–Crippen LogP) is 2.51. The van der Waals surface area contributed by atoms with E-state index in [1.54, 1.807) is 4.68 Å². The number of aromatic nitrogens is 2. The largest absolute Gasteiger partial charge is 0.396 e. The molecule has 31 heavy (non-hydrogen) atoms. The smallest absolute Gasteiger partial charge is 0.273 e. The molecule has 0 aliphatic carbocycles. The number of hydrogen-bond donors (Lipinski definition) is 3. The van der Waals surface area contributed by atoms with Crippen LogP contribution < -0.4 is 10.6 Å². The van der Waals surface area contributed by atoms with Crippen molar-refractivity contribution in [2.75, 3.05) is 13.2 Å². The Morgan fingerprint density at radius 2 is 2.03 bits per heavy atom. The topological polar surface area (TPSA) is 120 Å². The molecule has 0 radical (unpaired) electrons. The summed E-state index contributed by atoms with van der Waals surface area (Å²) in [5.74, 6) is -1.31. The average molecular weight is 432 g/mol. The first-order valence-electron chi connectivity index (χ1n) is 10.4. The molecule has 168 valence electrons. The van der Waals surface area contributed by atoms with E-state index in [2.05, 4.69) is 21.8 Å². The highest BCUT2D eigenvalue weighted by molar-refractivity contribution is 6.06. The quantitative estimate of drug-likeness (QED) is 0.499. The maximum atomic E-state index is 13.8. The third-order valence-electron chi connectivity index (χ3n) is 4.88. The SMILES string of the molecule is CC(C)(C)[C@H](NC(=O)c1nn(CCCCC#N)c2cc(F)ccc12)C(=O)NCCCO. The number of halogens is 1. The summed E-state index contributed by atoms with van der Waals surface area (Å²) in [5, 5.41) is 28.0. The minimum atomic E-state index is -0.824. The van der Waals surface area contributed by atoms with Crippen LogP contribution in [-0.2, 0) is 11.3 Å². The van der Waals surface area contributed by atoms with E-state index in [1.165, 1.54) is 18.2 Å². The molecule has 2 rings (SSSR count). The Kier molecular flexibility index (Phi) is 8.51. The summed E-state index contributed by atoms with van der Waals surface area (Å²) in [6.07, 6.45) is 2.18. The molecule has 0 aliphatic heterocycles. The van der Waals surface area contributed by atoms with Gasteiger partial charge in [0.25, 0.3) is 5.91 Å². The van der Waals surface area contributed by atoms with Gasteiger partial charge in [0, 0.05) is 31.5 Å². The summed E-state index contributed by atoms with van der Waals surface area (Å²) >= 11 is 0. The van der Waals surface area contributed by atoms with Crippen LogP contribution in [0.4, 0.5) is 4.39 Å². The number of nitriles is 1. The monoisotopic (exact) mass is 431 g/mol. The fourth-order valence-corrected chi connectivity index (χ4v) is 3.22. The highest BCUT2D eigenvalue weighted by atomic mass is 19.1. The average Bonchev–Trinajstić information content (AvgIpc) is 3.06. The first-order valence-corrected chi connectivity index (χ1v) is 10.4. The fourth-order valence-electron chi connectivity index (χ4n) is 3.22. The van der Waals surface area contributed by atoms with Crippen molar-refractivity contribution in [2.45, 2.75) is 59.0 Å². The molecule has 0 saturated heterocycles. The minimum absolute atomic E-state index is 0.0405. The summed E-state index contributed by atoms with van der Waals surface area (Å²) in [4.78, 5) is 25.7. The highest BCUT2D eigenvalue weighted by Gasteiger charge is 2.33. The van der Waals surface area contributed by atoms with E-state index in [-0.39, 0.29) is 18.2 Å². The lowest BCUT2D eigenvalue weighted by Gasteiger charge is -2.30. The molecule has 0 unspecified atom stereocenters. The number of hydrogen-bond acceptors (Lipinski definition) is 5. The van der Waals surface area contributed by atoms with Crippen LogP contribution in [0.3, 0.4) is 0 Å². The Bertz CT molecular complexity index is 958. The minimum Gasteiger partial charge on any atom is -0.396 e. The van der Waals surface area contributed by atoms with Gasteiger partial charge in [0.2, 0.25) is 5.91 Å². The maximum Gasteiger partial charge on any atom is 0.273 e. The van der Waals surface area contributed by atoms with E-state index in [1.807, 2.05) is 20.8 Å². The van der Waals surface area contributed by atoms with Crippen LogP contribution in [0.15, 0.2) is 18.2 Å². The first-order chi connectivity index (χ1) is 14.7. The van der Waals surface area contributed by atoms with E-state index >= 15 is 0 Å². The molecule has 9 heteroatoms. The molecule has 2 amide bonds. The molecule has 0 fully saturated rings. The van der Waals surface area contributed by atoms with Gasteiger partial charge in [-0.1, -0.05) is 20.8 Å². The van der Waals surface area contributed by atoms with Crippen molar-refractivity contribution in [1.29, 1.82) is 5.26 Å². The zero-order chi connectivity index (χ0) is 23.0. The van der Waals surface area contributed by atoms with E-state index in [4.69, 9.17) is 10.4 Å². The molecule has 0 bridgehead atoms. The fraction of sp³-hybridized carbons (Fsp3) is 0.545. The lowest BCUT2D eigenvalue weighted by molar-refractivity contribution is -0.125. The van der Waals surface area contributed by atoms with Gasteiger partial charge in [-0.2, -0.15) is 10.4 Å². The van der Waals surface area contributed by atoms with Crippen LogP contribution in [0.1, 0.15) is 56.9 Å². The normalized spacial score (nSPS) is 12.4. The van der Waals surface area contributed by atoms with Crippen molar-refractivity contribution in [3.63, 3.8) is 0 Å². The van der Waals surface area contributed by atoms with E-state index in [0.717, 1.165) is 0 Å². The number of nitrogens with zero attached hydrogens (tertiary/aromatic N) is 3. The van der Waals surface area contributed by atoms with Gasteiger partial charge in [-0.25, -0.2) is 4.39 Å². The van der Waals surface area contributed by atoms with Gasteiger partial charge in [0.05, 0.1) is 11.6 Å². The molecule has 3 N–H and O–H groups in total. The third kappa shape index (κ3) is 6.49. The van der Waals surface area contributed by atoms with Crippen molar-refractivity contribution in [2.24, 2.45) is 5.41 Å². The standard InChI is InChI=1S/C22H30FN5O3/c1-22(2,3)19(21(31)25-11-7-13-29)26-20(30)18-16-9-8-15(23)14-17(16)28(27-18)12-6-4-5-10-24/h8-9,14,19,29H,4-7,11-13H2,1-3H3,(H,25,31)(H,26,30)/t19-/m1/s1. The Labute approximate surface area is 181 Å². The van der Waals surface area contributed by atoms with Gasteiger partial charge in [-0.15, -0.1) is 0 Å². The van der Waals surface area contributed by atoms with Gasteiger partial charge >= 0.3 is 0 Å². The number of unbranched alkanes of at least 4 members (excludes halogenated alkanes) is 2. The number of fused-ring (bicyclic) bond motifs is 1. The Balaban J connectivity index is 2.29. The number of nitrogens with one attached hydrogen (secondary N) is 2. The number of amides is 2. The number of carbonyl (C=O) groups excluding carboxylic acids is 2. The van der Waals surface area contributed by atoms with Crippen LogP contribution in [0.2, 0.25) is 0 Å². The summed E-state index contributed by atoms with van der Waals surface area (Å²) in [7, 11) is 0. The van der Waals surface area contributed by atoms with Gasteiger partial charge < -0.3 is 15.7 Å². The second-order valence-corrected chi connectivity index (χ2v) is 8.49. The van der Waals surface area contributed by atoms with Crippen molar-refractivity contribution in [3.05, 3.63) is 29.7 Å². The van der Waals surface area contributed by atoms with Gasteiger partial charge in [-0.3, -0.25) is 14.3 Å². The maximum absolute atomic E-state index is 13.8. The van der Waals surface area contributed by atoms with Gasteiger partial charge in [0.1, 0.15) is 11.9 Å². The molecule has 2 aromatic rings. The van der Waals surface area contributed by atoms with Crippen molar-refractivity contribution >= 4 is 22.7 Å². The van der Waals surface area contributed by atoms with E-state index in [0.29, 0.717) is 49.7 Å². The summed E-state index contributed by atoms with van der Waals surface area (Å²) < 4.78 is 15.4. The van der Waals surface area contributed by atoms with Gasteiger partial charge in [0.15, 0.2) is 5.69 Å². The number of benzene rings is 1. The van der Waals surface area contributed by atoms with Crippen LogP contribution in [0.25, 0.3) is 10.9 Å². The molecule has 1 atom stereocenters. The number of aryl methyl sites for hydroxylation is 1. The first kappa shape index (κ1) is 24.3. The Hall–Kier alpha value is -2.99. The van der Waals surface area contributed by atoms with Crippen LogP contribution in [-0.4, -0.2) is 45.9 Å². The lowest BCUT2D eigenvalue weighted by Crippen LogP contribution is -2.53. The molecule has 8 nitrogen and oxygen atoms in total. The van der Waals surface area contributed by atoms with Crippen LogP contribution >= 0.6 is 0 Å². The van der Waals surface area contributed by atoms with Crippen molar-refractivity contribution < 1.29 is 19.1 Å². The number of carbonyl (C=O) groups is 2. The number of rotatable bonds is 10. The number of aliphatic hydroxyl groups is 1. The zero-order valence-corrected chi connectivity index (χ0v) is 18.2. The zero-order valence-electron chi connectivity index (χ0n) is 18.2. The summed E-state index contributed by atoms with van der Waals surface area (Å²) in [5.41, 5.74) is 0.0373. The molecular weight excluding hydrogens is 401 g/mol. The van der Waals surface area contributed by atoms with Crippen molar-refractivity contribution in [1.82, 2.24) is 20.4 Å². The molecule has 0 aliphatic rings. The Morgan fingerprint density at radius 1 is 1.29 bits per heavy atom. The second kappa shape index (κ2) is 10.9.